The van der Waals surface area contributed by atoms with Gasteiger partial charge in [0.2, 0.25) is 0 Å². The lowest BCUT2D eigenvalue weighted by Crippen LogP contribution is -2.26. The van der Waals surface area contributed by atoms with Crippen LogP contribution in [0.5, 0.6) is 0 Å². The molecule has 1 unspecified atom stereocenters. The van der Waals surface area contributed by atoms with Crippen molar-refractivity contribution in [3.63, 3.8) is 0 Å². The summed E-state index contributed by atoms with van der Waals surface area (Å²) in [6.45, 7) is 3.93. The van der Waals surface area contributed by atoms with Crippen molar-refractivity contribution in [2.45, 2.75) is 19.9 Å². The smallest absolute Gasteiger partial charge is 0.262 e. The molecule has 2 aromatic carbocycles. The van der Waals surface area contributed by atoms with Crippen LogP contribution in [0.2, 0.25) is 0 Å². The number of aryl methyl sites for hydroxylation is 1. The fourth-order valence-electron chi connectivity index (χ4n) is 2.58. The van der Waals surface area contributed by atoms with Gasteiger partial charge in [-0.2, -0.15) is 5.26 Å². The van der Waals surface area contributed by atoms with Crippen LogP contribution in [-0.4, -0.2) is 5.91 Å². The van der Waals surface area contributed by atoms with Crippen molar-refractivity contribution in [1.82, 2.24) is 5.32 Å². The molecular weight excluding hydrogens is 304 g/mol. The second-order valence-corrected chi connectivity index (χ2v) is 6.53. The fourth-order valence-corrected chi connectivity index (χ4v) is 3.70. The van der Waals surface area contributed by atoms with Gasteiger partial charge in [-0.25, -0.2) is 0 Å². The number of amides is 1. The van der Waals surface area contributed by atoms with E-state index < -0.39 is 0 Å². The largest absolute Gasteiger partial charge is 0.345 e. The molecule has 3 rings (SSSR count). The Balaban J connectivity index is 1.82. The van der Waals surface area contributed by atoms with Crippen LogP contribution in [0.1, 0.15) is 39.3 Å². The average molecular weight is 320 g/mol. The molecule has 0 aliphatic heterocycles. The Hall–Kier alpha value is -2.64. The van der Waals surface area contributed by atoms with Gasteiger partial charge in [0.15, 0.2) is 0 Å². The number of nitriles is 1. The van der Waals surface area contributed by atoms with Gasteiger partial charge in [0.1, 0.15) is 0 Å². The molecule has 1 atom stereocenters. The van der Waals surface area contributed by atoms with Crippen LogP contribution >= 0.6 is 11.3 Å². The van der Waals surface area contributed by atoms with Crippen LogP contribution in [0.3, 0.4) is 0 Å². The number of fused-ring (bicyclic) bond motifs is 1. The molecule has 0 saturated heterocycles. The van der Waals surface area contributed by atoms with Crippen molar-refractivity contribution < 1.29 is 4.79 Å². The third kappa shape index (κ3) is 2.96. The summed E-state index contributed by atoms with van der Waals surface area (Å²) in [6, 6.07) is 17.3. The maximum absolute atomic E-state index is 12.6. The predicted octanol–water partition coefficient (Wildman–Crippen LogP) is 4.57. The van der Waals surface area contributed by atoms with E-state index in [0.29, 0.717) is 5.56 Å². The number of nitrogens with one attached hydrogen (secondary N) is 1. The second-order valence-electron chi connectivity index (χ2n) is 5.48. The maximum Gasteiger partial charge on any atom is 0.262 e. The lowest BCUT2D eigenvalue weighted by molar-refractivity contribution is 0.0943. The minimum Gasteiger partial charge on any atom is -0.345 e. The molecule has 23 heavy (non-hydrogen) atoms. The molecule has 0 spiro atoms. The van der Waals surface area contributed by atoms with Crippen LogP contribution in [0, 0.1) is 18.3 Å². The molecule has 0 radical (unpaired) electrons. The summed E-state index contributed by atoms with van der Waals surface area (Å²) in [5.41, 5.74) is 2.62. The fraction of sp³-hybridized carbons (Fsp3) is 0.158. The molecule has 1 aromatic heterocycles. The lowest BCUT2D eigenvalue weighted by Gasteiger charge is -2.14. The molecule has 3 nitrogen and oxygen atoms in total. The second kappa shape index (κ2) is 6.23. The molecule has 0 saturated carbocycles. The normalized spacial score (nSPS) is 11.9. The Labute approximate surface area is 139 Å². The molecule has 3 aromatic rings. The number of carbonyl (C=O) groups is 1. The molecule has 0 aliphatic carbocycles. The summed E-state index contributed by atoms with van der Waals surface area (Å²) in [5, 5.41) is 13.0. The van der Waals surface area contributed by atoms with Gasteiger partial charge in [-0.3, -0.25) is 4.79 Å². The number of rotatable bonds is 3. The van der Waals surface area contributed by atoms with Gasteiger partial charge in [-0.1, -0.05) is 30.3 Å². The van der Waals surface area contributed by atoms with Gasteiger partial charge >= 0.3 is 0 Å². The summed E-state index contributed by atoms with van der Waals surface area (Å²) in [4.78, 5) is 13.3. The molecular formula is C19H16N2OS. The van der Waals surface area contributed by atoms with E-state index >= 15 is 0 Å². The lowest BCUT2D eigenvalue weighted by atomic mass is 10.1. The molecule has 1 heterocycles. The highest BCUT2D eigenvalue weighted by atomic mass is 32.1. The van der Waals surface area contributed by atoms with Gasteiger partial charge in [-0.15, -0.1) is 11.3 Å². The first-order chi connectivity index (χ1) is 11.1. The van der Waals surface area contributed by atoms with Crippen LogP contribution in [0.15, 0.2) is 48.5 Å². The number of benzene rings is 2. The van der Waals surface area contributed by atoms with E-state index in [4.69, 9.17) is 5.26 Å². The van der Waals surface area contributed by atoms with Crippen molar-refractivity contribution in [2.75, 3.05) is 0 Å². The van der Waals surface area contributed by atoms with E-state index in [2.05, 4.69) is 11.4 Å². The molecule has 1 N–H and O–H groups in total. The zero-order chi connectivity index (χ0) is 16.4. The van der Waals surface area contributed by atoms with Gasteiger partial charge in [0.05, 0.1) is 22.6 Å². The summed E-state index contributed by atoms with van der Waals surface area (Å²) in [5.74, 6) is -0.0550. The third-order valence-corrected chi connectivity index (χ3v) is 5.21. The standard InChI is InChI=1S/C19H16N2OS/c1-12-16-5-3-4-6-17(16)23-18(12)19(22)21-13(2)15-9-7-14(11-20)8-10-15/h3-10,13H,1-2H3,(H,21,22). The molecule has 114 valence electrons. The Morgan fingerprint density at radius 1 is 1.17 bits per heavy atom. The van der Waals surface area contributed by atoms with Crippen molar-refractivity contribution in [3.8, 4) is 6.07 Å². The first-order valence-corrected chi connectivity index (χ1v) is 8.21. The molecule has 0 bridgehead atoms. The predicted molar refractivity (Wildman–Crippen MR) is 93.6 cm³/mol. The number of hydrogen-bond donors (Lipinski definition) is 1. The van der Waals surface area contributed by atoms with Crippen LogP contribution in [0.25, 0.3) is 10.1 Å². The third-order valence-electron chi connectivity index (χ3n) is 3.94. The highest BCUT2D eigenvalue weighted by molar-refractivity contribution is 7.21. The van der Waals surface area contributed by atoms with E-state index in [0.717, 1.165) is 26.1 Å². The molecule has 4 heteroatoms. The van der Waals surface area contributed by atoms with Crippen molar-refractivity contribution >= 4 is 27.3 Å². The van der Waals surface area contributed by atoms with Crippen LogP contribution in [-0.2, 0) is 0 Å². The maximum atomic E-state index is 12.6. The van der Waals surface area contributed by atoms with Gasteiger partial charge in [0, 0.05) is 4.70 Å². The highest BCUT2D eigenvalue weighted by Gasteiger charge is 2.17. The van der Waals surface area contributed by atoms with Crippen molar-refractivity contribution in [1.29, 1.82) is 5.26 Å². The Kier molecular flexibility index (Phi) is 4.14. The van der Waals surface area contributed by atoms with E-state index in [-0.39, 0.29) is 11.9 Å². The van der Waals surface area contributed by atoms with Gasteiger partial charge in [0.25, 0.3) is 5.91 Å². The monoisotopic (exact) mass is 320 g/mol. The molecule has 0 fully saturated rings. The number of hydrogen-bond acceptors (Lipinski definition) is 3. The van der Waals surface area contributed by atoms with Crippen molar-refractivity contribution in [3.05, 3.63) is 70.1 Å². The first-order valence-electron chi connectivity index (χ1n) is 7.39. The van der Waals surface area contributed by atoms with Crippen molar-refractivity contribution in [2.24, 2.45) is 0 Å². The summed E-state index contributed by atoms with van der Waals surface area (Å²) in [6.07, 6.45) is 0. The van der Waals surface area contributed by atoms with Crippen LogP contribution in [0.4, 0.5) is 0 Å². The van der Waals surface area contributed by atoms with E-state index in [1.54, 1.807) is 12.1 Å². The van der Waals surface area contributed by atoms with Gasteiger partial charge in [-0.05, 0) is 48.6 Å². The van der Waals surface area contributed by atoms with E-state index in [1.807, 2.05) is 50.2 Å². The quantitative estimate of drug-likeness (QED) is 0.768. The number of nitrogens with zero attached hydrogens (tertiary/aromatic N) is 1. The molecule has 1 amide bonds. The van der Waals surface area contributed by atoms with Crippen LogP contribution < -0.4 is 5.32 Å². The Morgan fingerprint density at radius 3 is 2.52 bits per heavy atom. The van der Waals surface area contributed by atoms with Gasteiger partial charge < -0.3 is 5.32 Å². The molecule has 0 aliphatic rings. The number of carbonyl (C=O) groups excluding carboxylic acids is 1. The minimum absolute atomic E-state index is 0.0550. The summed E-state index contributed by atoms with van der Waals surface area (Å²) < 4.78 is 1.13. The minimum atomic E-state index is -0.111. The Bertz CT molecular complexity index is 903. The first kappa shape index (κ1) is 15.3. The summed E-state index contributed by atoms with van der Waals surface area (Å²) in [7, 11) is 0. The highest BCUT2D eigenvalue weighted by Crippen LogP contribution is 2.30. The van der Waals surface area contributed by atoms with E-state index in [1.165, 1.54) is 11.3 Å². The average Bonchev–Trinajstić information content (AvgIpc) is 2.92. The SMILES string of the molecule is Cc1c(C(=O)NC(C)c2ccc(C#N)cc2)sc2ccccc12. The topological polar surface area (TPSA) is 52.9 Å². The summed E-state index contributed by atoms with van der Waals surface area (Å²) >= 11 is 1.52. The Morgan fingerprint density at radius 2 is 1.87 bits per heavy atom. The van der Waals surface area contributed by atoms with E-state index in [9.17, 15) is 4.79 Å². The number of thiophene rings is 1. The zero-order valence-corrected chi connectivity index (χ0v) is 13.8. The zero-order valence-electron chi connectivity index (χ0n) is 13.0.